The van der Waals surface area contributed by atoms with Crippen molar-refractivity contribution in [2.24, 2.45) is 0 Å². The van der Waals surface area contributed by atoms with Crippen LogP contribution in [0.15, 0.2) is 0 Å². The van der Waals surface area contributed by atoms with E-state index in [2.05, 4.69) is 47.1 Å². The van der Waals surface area contributed by atoms with Crippen molar-refractivity contribution in [2.45, 2.75) is 58.2 Å². The predicted molar refractivity (Wildman–Crippen MR) is 58.2 cm³/mol. The van der Waals surface area contributed by atoms with Crippen molar-refractivity contribution in [3.8, 4) is 5.54 Å². The van der Waals surface area contributed by atoms with E-state index in [1.54, 1.807) is 0 Å². The Bertz CT molecular complexity index is 155. The number of rotatable bonds is 3. The second kappa shape index (κ2) is 6.09. The van der Waals surface area contributed by atoms with Gasteiger partial charge in [0.1, 0.15) is 0 Å². The van der Waals surface area contributed by atoms with Gasteiger partial charge in [-0.05, 0) is 16.6 Å². The van der Waals surface area contributed by atoms with Gasteiger partial charge in [-0.25, -0.2) is 0 Å². The fourth-order valence-corrected chi connectivity index (χ4v) is 7.30. The summed E-state index contributed by atoms with van der Waals surface area (Å²) in [6.07, 6.45) is 7.51. The normalized spacial score (nSPS) is 11.7. The van der Waals surface area contributed by atoms with E-state index in [1.165, 1.54) is 0 Å². The quantitative estimate of drug-likeness (QED) is 0.421. The topological polar surface area (TPSA) is 0 Å². The molecule has 2 heteroatoms. The van der Waals surface area contributed by atoms with E-state index >= 15 is 0 Å². The van der Waals surface area contributed by atoms with Gasteiger partial charge in [0.25, 0.3) is 0 Å². The zero-order chi connectivity index (χ0) is 9.94. The molecule has 0 aromatic heterocycles. The fraction of sp³-hybridized carbons (Fsp3) is 0.818. The van der Waals surface area contributed by atoms with E-state index in [1.807, 2.05) is 0 Å². The summed E-state index contributed by atoms with van der Waals surface area (Å²) in [6, 6.07) is 0. The van der Waals surface area contributed by atoms with Crippen LogP contribution in [0.1, 0.15) is 41.5 Å². The Kier molecular flexibility index (Phi) is 7.47. The van der Waals surface area contributed by atoms with Crippen molar-refractivity contribution < 1.29 is 22.4 Å². The van der Waals surface area contributed by atoms with Crippen LogP contribution in [-0.4, -0.2) is 8.07 Å². The molecule has 0 fully saturated rings. The molecule has 0 saturated carbocycles. The molecule has 0 saturated heterocycles. The first kappa shape index (κ1) is 16.0. The third-order valence-electron chi connectivity index (χ3n) is 3.08. The van der Waals surface area contributed by atoms with Gasteiger partial charge in [-0.3, -0.25) is 0 Å². The second-order valence-corrected chi connectivity index (χ2v) is 10.1. The van der Waals surface area contributed by atoms with Gasteiger partial charge in [-0.15, -0.1) is 0 Å². The summed E-state index contributed by atoms with van der Waals surface area (Å²) in [4.78, 5) is 0. The molecule has 0 rings (SSSR count). The van der Waals surface area contributed by atoms with Gasteiger partial charge >= 0.3 is 22.4 Å². The van der Waals surface area contributed by atoms with Crippen LogP contribution in [0.2, 0.25) is 16.6 Å². The molecule has 0 spiro atoms. The Morgan fingerprint density at radius 3 is 1.08 bits per heavy atom. The summed E-state index contributed by atoms with van der Waals surface area (Å²) in [5.74, 6) is 0. The van der Waals surface area contributed by atoms with E-state index in [4.69, 9.17) is 6.42 Å². The summed E-state index contributed by atoms with van der Waals surface area (Å²) in [5, 5.41) is 0. The smallest absolute Gasteiger partial charge is 0.701 e. The summed E-state index contributed by atoms with van der Waals surface area (Å²) in [5.41, 5.74) is 4.81. The van der Waals surface area contributed by atoms with Gasteiger partial charge in [-0.2, -0.15) is 0 Å². The molecule has 0 aliphatic carbocycles. The van der Waals surface area contributed by atoms with E-state index in [-0.39, 0.29) is 22.4 Å². The molecule has 0 nitrogen and oxygen atoms in total. The molecule has 0 radical (unpaired) electrons. The van der Waals surface area contributed by atoms with Crippen LogP contribution < -0.4 is 0 Å². The number of hydrogen-bond donors (Lipinski definition) is 0. The molecular formula is C11H21AgSi. The standard InChI is InChI=1S/C11H21Si.Ag/c1-8-12(9(2)3,10(4)5)11(6)7;/h9-11H,2-7H3;/q-1;+1. The molecule has 0 aliphatic heterocycles. The minimum atomic E-state index is -1.58. The minimum Gasteiger partial charge on any atom is -0.701 e. The molecular weight excluding hydrogens is 268 g/mol. The van der Waals surface area contributed by atoms with Gasteiger partial charge in [0.15, 0.2) is 0 Å². The monoisotopic (exact) mass is 288 g/mol. The average molecular weight is 289 g/mol. The molecule has 0 heterocycles. The average Bonchev–Trinajstić information content (AvgIpc) is 1.86. The zero-order valence-corrected chi connectivity index (χ0v) is 12.0. The molecule has 0 aromatic carbocycles. The molecule has 13 heavy (non-hydrogen) atoms. The Labute approximate surface area is 100 Å². The van der Waals surface area contributed by atoms with Crippen LogP contribution in [0.4, 0.5) is 0 Å². The SMILES string of the molecule is [Ag+].[C-]#C[Si](C(C)C)(C(C)C)C(C)C. The summed E-state index contributed by atoms with van der Waals surface area (Å²) in [7, 11) is -1.58. The van der Waals surface area contributed by atoms with Gasteiger partial charge in [-0.1, -0.05) is 41.5 Å². The first-order valence-electron chi connectivity index (χ1n) is 4.83. The molecule has 0 N–H and O–H groups in total. The van der Waals surface area contributed by atoms with Crippen LogP contribution in [0.5, 0.6) is 0 Å². The summed E-state index contributed by atoms with van der Waals surface area (Å²) in [6.45, 7) is 13.5. The maximum Gasteiger partial charge on any atom is 1.00 e. The zero-order valence-electron chi connectivity index (χ0n) is 9.53. The van der Waals surface area contributed by atoms with Gasteiger partial charge in [0, 0.05) is 0 Å². The van der Waals surface area contributed by atoms with Gasteiger partial charge < -0.3 is 12.0 Å². The summed E-state index contributed by atoms with van der Waals surface area (Å²) >= 11 is 0. The van der Waals surface area contributed by atoms with Crippen LogP contribution in [-0.2, 0) is 22.4 Å². The Hall–Kier alpha value is 0.517. The van der Waals surface area contributed by atoms with Gasteiger partial charge in [0.05, 0.1) is 8.07 Å². The minimum absolute atomic E-state index is 0. The molecule has 80 valence electrons. The van der Waals surface area contributed by atoms with Crippen LogP contribution in [0.3, 0.4) is 0 Å². The first-order chi connectivity index (χ1) is 5.39. The van der Waals surface area contributed by atoms with Crippen molar-refractivity contribution in [3.63, 3.8) is 0 Å². The Balaban J connectivity index is 0. The molecule has 0 bridgehead atoms. The largest absolute Gasteiger partial charge is 1.00 e. The van der Waals surface area contributed by atoms with Crippen LogP contribution in [0.25, 0.3) is 0 Å². The van der Waals surface area contributed by atoms with E-state index < -0.39 is 8.07 Å². The third kappa shape index (κ3) is 2.99. The van der Waals surface area contributed by atoms with Crippen molar-refractivity contribution in [2.75, 3.05) is 0 Å². The van der Waals surface area contributed by atoms with Crippen molar-refractivity contribution >= 4 is 8.07 Å². The molecule has 0 atom stereocenters. The van der Waals surface area contributed by atoms with E-state index in [0.717, 1.165) is 0 Å². The van der Waals surface area contributed by atoms with Crippen LogP contribution in [0, 0.1) is 12.0 Å². The van der Waals surface area contributed by atoms with Crippen molar-refractivity contribution in [1.82, 2.24) is 0 Å². The molecule has 0 aliphatic rings. The molecule has 0 aromatic rings. The maximum absolute atomic E-state index is 7.51. The number of hydrogen-bond acceptors (Lipinski definition) is 0. The van der Waals surface area contributed by atoms with Crippen LogP contribution >= 0.6 is 0 Å². The first-order valence-corrected chi connectivity index (χ1v) is 7.06. The maximum atomic E-state index is 7.51. The van der Waals surface area contributed by atoms with E-state index in [9.17, 15) is 0 Å². The molecule has 0 unspecified atom stereocenters. The summed E-state index contributed by atoms with van der Waals surface area (Å²) < 4.78 is 0. The predicted octanol–water partition coefficient (Wildman–Crippen LogP) is 3.79. The molecule has 0 amide bonds. The third-order valence-corrected chi connectivity index (χ3v) is 9.25. The van der Waals surface area contributed by atoms with Crippen molar-refractivity contribution in [1.29, 1.82) is 0 Å². The fourth-order valence-electron chi connectivity index (χ4n) is 2.43. The van der Waals surface area contributed by atoms with Gasteiger partial charge in [0.2, 0.25) is 0 Å². The second-order valence-electron chi connectivity index (χ2n) is 4.52. The Morgan fingerprint density at radius 2 is 1.08 bits per heavy atom. The van der Waals surface area contributed by atoms with E-state index in [0.29, 0.717) is 16.6 Å². The van der Waals surface area contributed by atoms with Crippen molar-refractivity contribution in [3.05, 3.63) is 6.42 Å². The Morgan fingerprint density at radius 1 is 0.846 bits per heavy atom.